The summed E-state index contributed by atoms with van der Waals surface area (Å²) in [7, 11) is 0. The number of ether oxygens (including phenoxy) is 1. The lowest BCUT2D eigenvalue weighted by Crippen LogP contribution is -1.86. The second-order valence-electron chi connectivity index (χ2n) is 2.59. The van der Waals surface area contributed by atoms with E-state index in [9.17, 15) is 0 Å². The molecule has 1 heteroatoms. The highest BCUT2D eigenvalue weighted by Gasteiger charge is 1.97. The van der Waals surface area contributed by atoms with Gasteiger partial charge < -0.3 is 4.74 Å². The van der Waals surface area contributed by atoms with Crippen molar-refractivity contribution >= 4 is 5.76 Å². The standard InChI is InChI=1S/C11H12O.2C2H6/c1-9(2)12-10(3)11-7-5-4-6-8-11;2*1-2/h4-8H,1,3H2,2H3;2*1-2H3. The molecule has 0 heterocycles. The first-order chi connectivity index (χ1) is 7.70. The van der Waals surface area contributed by atoms with Crippen LogP contribution in [-0.4, -0.2) is 0 Å². The molecule has 0 saturated carbocycles. The molecule has 0 spiro atoms. The van der Waals surface area contributed by atoms with E-state index >= 15 is 0 Å². The zero-order valence-electron chi connectivity index (χ0n) is 11.2. The monoisotopic (exact) mass is 220 g/mol. The summed E-state index contributed by atoms with van der Waals surface area (Å²) < 4.78 is 5.25. The summed E-state index contributed by atoms with van der Waals surface area (Å²) in [5.74, 6) is 1.30. The molecular formula is C15H24O. The third kappa shape index (κ3) is 7.86. The molecular weight excluding hydrogens is 196 g/mol. The molecule has 0 bridgehead atoms. The van der Waals surface area contributed by atoms with Gasteiger partial charge in [0.05, 0.1) is 5.76 Å². The lowest BCUT2D eigenvalue weighted by atomic mass is 10.2. The van der Waals surface area contributed by atoms with E-state index in [0.717, 1.165) is 5.56 Å². The molecule has 0 fully saturated rings. The normalized spacial score (nSPS) is 7.56. The van der Waals surface area contributed by atoms with Crippen LogP contribution in [0.25, 0.3) is 5.76 Å². The van der Waals surface area contributed by atoms with Crippen molar-refractivity contribution in [3.8, 4) is 0 Å². The fourth-order valence-corrected chi connectivity index (χ4v) is 0.893. The predicted molar refractivity (Wildman–Crippen MR) is 74.1 cm³/mol. The van der Waals surface area contributed by atoms with Crippen molar-refractivity contribution in [3.05, 3.63) is 54.8 Å². The van der Waals surface area contributed by atoms with Gasteiger partial charge in [-0.3, -0.25) is 0 Å². The SMILES string of the molecule is C=C(C)OC(=C)c1ccccc1.CC.CC. The molecule has 1 rings (SSSR count). The van der Waals surface area contributed by atoms with Gasteiger partial charge in [-0.05, 0) is 6.92 Å². The highest BCUT2D eigenvalue weighted by molar-refractivity contribution is 5.57. The first kappa shape index (κ1) is 16.9. The summed E-state index contributed by atoms with van der Waals surface area (Å²) in [6, 6.07) is 9.75. The van der Waals surface area contributed by atoms with Crippen LogP contribution in [0.4, 0.5) is 0 Å². The van der Waals surface area contributed by atoms with Gasteiger partial charge in [0.2, 0.25) is 0 Å². The Hall–Kier alpha value is -1.50. The molecule has 0 aliphatic rings. The Morgan fingerprint density at radius 3 is 1.75 bits per heavy atom. The van der Waals surface area contributed by atoms with E-state index in [-0.39, 0.29) is 0 Å². The van der Waals surface area contributed by atoms with Crippen LogP contribution < -0.4 is 0 Å². The minimum Gasteiger partial charge on any atom is -0.463 e. The predicted octanol–water partition coefficient (Wildman–Crippen LogP) is 5.26. The number of hydrogen-bond donors (Lipinski definition) is 0. The average Bonchev–Trinajstić information content (AvgIpc) is 2.34. The maximum Gasteiger partial charge on any atom is 0.126 e. The minimum absolute atomic E-state index is 0.642. The van der Waals surface area contributed by atoms with Crippen LogP contribution in [0.15, 0.2) is 49.2 Å². The number of allylic oxidation sites excluding steroid dienone is 1. The molecule has 0 amide bonds. The zero-order chi connectivity index (χ0) is 13.0. The van der Waals surface area contributed by atoms with Gasteiger partial charge in [-0.2, -0.15) is 0 Å². The second kappa shape index (κ2) is 11.6. The molecule has 0 saturated heterocycles. The molecule has 0 aromatic heterocycles. The Morgan fingerprint density at radius 1 is 0.938 bits per heavy atom. The van der Waals surface area contributed by atoms with E-state index in [4.69, 9.17) is 4.74 Å². The first-order valence-corrected chi connectivity index (χ1v) is 5.78. The summed E-state index contributed by atoms with van der Waals surface area (Å²) in [4.78, 5) is 0. The van der Waals surface area contributed by atoms with E-state index in [2.05, 4.69) is 13.2 Å². The Morgan fingerprint density at radius 2 is 1.38 bits per heavy atom. The van der Waals surface area contributed by atoms with Crippen molar-refractivity contribution in [2.75, 3.05) is 0 Å². The smallest absolute Gasteiger partial charge is 0.126 e. The maximum atomic E-state index is 5.25. The van der Waals surface area contributed by atoms with Crippen LogP contribution in [0.1, 0.15) is 40.2 Å². The van der Waals surface area contributed by atoms with Crippen LogP contribution >= 0.6 is 0 Å². The Labute approximate surface area is 100 Å². The summed E-state index contributed by atoms with van der Waals surface area (Å²) in [5.41, 5.74) is 0.987. The van der Waals surface area contributed by atoms with Gasteiger partial charge in [-0.15, -0.1) is 0 Å². The first-order valence-electron chi connectivity index (χ1n) is 5.78. The summed E-state index contributed by atoms with van der Waals surface area (Å²) >= 11 is 0. The lowest BCUT2D eigenvalue weighted by molar-refractivity contribution is 0.388. The third-order valence-corrected chi connectivity index (χ3v) is 1.39. The number of benzene rings is 1. The molecule has 1 aromatic rings. The fourth-order valence-electron chi connectivity index (χ4n) is 0.893. The van der Waals surface area contributed by atoms with Crippen LogP contribution in [0.5, 0.6) is 0 Å². The zero-order valence-corrected chi connectivity index (χ0v) is 11.2. The maximum absolute atomic E-state index is 5.25. The molecule has 0 atom stereocenters. The van der Waals surface area contributed by atoms with Crippen molar-refractivity contribution in [1.29, 1.82) is 0 Å². The van der Waals surface area contributed by atoms with Crippen molar-refractivity contribution < 1.29 is 4.74 Å². The van der Waals surface area contributed by atoms with Crippen LogP contribution in [0.3, 0.4) is 0 Å². The van der Waals surface area contributed by atoms with Gasteiger partial charge in [0.1, 0.15) is 5.76 Å². The van der Waals surface area contributed by atoms with Gasteiger partial charge in [0, 0.05) is 5.56 Å². The van der Waals surface area contributed by atoms with Gasteiger partial charge in [-0.1, -0.05) is 71.2 Å². The largest absolute Gasteiger partial charge is 0.463 e. The molecule has 1 nitrogen and oxygen atoms in total. The highest BCUT2D eigenvalue weighted by atomic mass is 16.5. The topological polar surface area (TPSA) is 9.23 Å². The van der Waals surface area contributed by atoms with Crippen LogP contribution in [0, 0.1) is 0 Å². The quantitative estimate of drug-likeness (QED) is 0.631. The highest BCUT2D eigenvalue weighted by Crippen LogP contribution is 2.15. The summed E-state index contributed by atoms with van der Waals surface area (Å²) in [6.45, 7) is 17.2. The van der Waals surface area contributed by atoms with E-state index < -0.39 is 0 Å². The fraction of sp³-hybridized carbons (Fsp3) is 0.333. The van der Waals surface area contributed by atoms with Crippen LogP contribution in [-0.2, 0) is 4.74 Å². The molecule has 0 radical (unpaired) electrons. The van der Waals surface area contributed by atoms with E-state index in [1.807, 2.05) is 58.0 Å². The molecule has 90 valence electrons. The summed E-state index contributed by atoms with van der Waals surface area (Å²) in [6.07, 6.45) is 0. The molecule has 0 N–H and O–H groups in total. The molecule has 0 aliphatic heterocycles. The van der Waals surface area contributed by atoms with Gasteiger partial charge in [0.15, 0.2) is 0 Å². The van der Waals surface area contributed by atoms with Crippen molar-refractivity contribution in [3.63, 3.8) is 0 Å². The average molecular weight is 220 g/mol. The molecule has 0 aliphatic carbocycles. The molecule has 1 aromatic carbocycles. The third-order valence-electron chi connectivity index (χ3n) is 1.39. The van der Waals surface area contributed by atoms with Gasteiger partial charge in [-0.25, -0.2) is 0 Å². The van der Waals surface area contributed by atoms with E-state index in [1.165, 1.54) is 0 Å². The van der Waals surface area contributed by atoms with E-state index in [0.29, 0.717) is 11.5 Å². The van der Waals surface area contributed by atoms with Crippen molar-refractivity contribution in [2.24, 2.45) is 0 Å². The van der Waals surface area contributed by atoms with Gasteiger partial charge >= 0.3 is 0 Å². The van der Waals surface area contributed by atoms with Crippen molar-refractivity contribution in [1.82, 2.24) is 0 Å². The summed E-state index contributed by atoms with van der Waals surface area (Å²) in [5, 5.41) is 0. The molecule has 0 unspecified atom stereocenters. The number of rotatable bonds is 3. The Balaban J connectivity index is 0. The van der Waals surface area contributed by atoms with Crippen molar-refractivity contribution in [2.45, 2.75) is 34.6 Å². The second-order valence-corrected chi connectivity index (χ2v) is 2.59. The minimum atomic E-state index is 0.642. The van der Waals surface area contributed by atoms with Crippen LogP contribution in [0.2, 0.25) is 0 Å². The lowest BCUT2D eigenvalue weighted by Gasteiger charge is -2.06. The van der Waals surface area contributed by atoms with Gasteiger partial charge in [0.25, 0.3) is 0 Å². The van der Waals surface area contributed by atoms with E-state index in [1.54, 1.807) is 6.92 Å². The Bertz CT molecular complexity index is 286. The number of hydrogen-bond acceptors (Lipinski definition) is 1. The molecule has 16 heavy (non-hydrogen) atoms. The Kier molecular flexibility index (Phi) is 12.2.